The fourth-order valence-corrected chi connectivity index (χ4v) is 2.03. The van der Waals surface area contributed by atoms with Crippen LogP contribution in [0.15, 0.2) is 24.3 Å². The molecule has 1 rings (SSSR count). The van der Waals surface area contributed by atoms with Crippen LogP contribution in [-0.4, -0.2) is 11.9 Å². The Kier molecular flexibility index (Phi) is 8.32. The minimum Gasteiger partial charge on any atom is -0.389 e. The summed E-state index contributed by atoms with van der Waals surface area (Å²) in [5.41, 5.74) is 0.185. The molecule has 0 amide bonds. The zero-order valence-electron chi connectivity index (χ0n) is 12.6. The zero-order valence-corrected chi connectivity index (χ0v) is 12.6. The molecule has 3 nitrogen and oxygen atoms in total. The van der Waals surface area contributed by atoms with Crippen molar-refractivity contribution >= 4 is 11.9 Å². The Morgan fingerprint density at radius 1 is 0.952 bits per heavy atom. The predicted molar refractivity (Wildman–Crippen MR) is 79.4 cm³/mol. The van der Waals surface area contributed by atoms with Gasteiger partial charge < -0.3 is 4.74 Å². The van der Waals surface area contributed by atoms with Crippen LogP contribution in [0.5, 0.6) is 0 Å². The second-order valence-corrected chi connectivity index (χ2v) is 5.14. The number of carbonyl (C=O) groups is 2. The Balaban J connectivity index is 2.15. The van der Waals surface area contributed by atoms with Gasteiger partial charge in [-0.1, -0.05) is 45.4 Å². The van der Waals surface area contributed by atoms with Crippen molar-refractivity contribution in [2.24, 2.45) is 0 Å². The third kappa shape index (κ3) is 7.59. The maximum atomic E-state index is 12.7. The van der Waals surface area contributed by atoms with E-state index in [9.17, 15) is 14.0 Å². The second kappa shape index (κ2) is 10.1. The monoisotopic (exact) mass is 294 g/mol. The molecule has 0 N–H and O–H groups in total. The van der Waals surface area contributed by atoms with E-state index in [1.807, 2.05) is 0 Å². The number of esters is 2. The largest absolute Gasteiger partial charge is 0.389 e. The first-order chi connectivity index (χ1) is 10.1. The summed E-state index contributed by atoms with van der Waals surface area (Å²) in [6, 6.07) is 4.94. The normalized spacial score (nSPS) is 10.4. The third-order valence-electron chi connectivity index (χ3n) is 3.27. The number of hydrogen-bond donors (Lipinski definition) is 0. The van der Waals surface area contributed by atoms with E-state index in [2.05, 4.69) is 6.92 Å². The summed E-state index contributed by atoms with van der Waals surface area (Å²) >= 11 is 0. The highest BCUT2D eigenvalue weighted by Gasteiger charge is 2.12. The third-order valence-corrected chi connectivity index (χ3v) is 3.27. The van der Waals surface area contributed by atoms with Crippen LogP contribution in [0, 0.1) is 5.82 Å². The van der Waals surface area contributed by atoms with Gasteiger partial charge in [0.25, 0.3) is 0 Å². The second-order valence-electron chi connectivity index (χ2n) is 5.14. The van der Waals surface area contributed by atoms with Crippen molar-refractivity contribution in [1.82, 2.24) is 0 Å². The Bertz CT molecular complexity index is 440. The summed E-state index contributed by atoms with van der Waals surface area (Å²) in [6.07, 6.45) is 7.98. The fraction of sp³-hybridized carbons (Fsp3) is 0.529. The molecule has 1 aromatic rings. The van der Waals surface area contributed by atoms with Crippen LogP contribution in [0.1, 0.15) is 68.6 Å². The summed E-state index contributed by atoms with van der Waals surface area (Å²) in [7, 11) is 0. The minimum atomic E-state index is -0.719. The first kappa shape index (κ1) is 17.3. The van der Waals surface area contributed by atoms with E-state index in [0.717, 1.165) is 31.4 Å². The highest BCUT2D eigenvalue weighted by atomic mass is 19.1. The number of carbonyl (C=O) groups excluding carboxylic acids is 2. The molecule has 0 heterocycles. The molecular weight excluding hydrogens is 271 g/mol. The number of hydrogen-bond acceptors (Lipinski definition) is 3. The summed E-state index contributed by atoms with van der Waals surface area (Å²) in [4.78, 5) is 23.1. The van der Waals surface area contributed by atoms with Crippen molar-refractivity contribution in [3.63, 3.8) is 0 Å². The molecule has 0 bridgehead atoms. The number of halogens is 1. The van der Waals surface area contributed by atoms with Crippen molar-refractivity contribution in [1.29, 1.82) is 0 Å². The Morgan fingerprint density at radius 3 is 2.14 bits per heavy atom. The minimum absolute atomic E-state index is 0.185. The summed E-state index contributed by atoms with van der Waals surface area (Å²) in [5, 5.41) is 0. The number of benzene rings is 1. The number of unbranched alkanes of at least 4 members (excludes halogenated alkanes) is 6. The van der Waals surface area contributed by atoms with Gasteiger partial charge in [-0.3, -0.25) is 4.79 Å². The van der Waals surface area contributed by atoms with E-state index in [1.165, 1.54) is 37.8 Å². The lowest BCUT2D eigenvalue weighted by Crippen LogP contribution is -2.12. The SMILES string of the molecule is CCCCCCCCCC(=O)OC(=O)c1ccc(F)cc1. The summed E-state index contributed by atoms with van der Waals surface area (Å²) in [6.45, 7) is 2.17. The molecule has 4 heteroatoms. The molecule has 0 unspecified atom stereocenters. The van der Waals surface area contributed by atoms with Crippen molar-refractivity contribution in [2.45, 2.75) is 58.3 Å². The number of ether oxygens (including phenoxy) is 1. The Hall–Kier alpha value is -1.71. The molecule has 0 aromatic heterocycles. The predicted octanol–water partition coefficient (Wildman–Crippen LogP) is 4.65. The van der Waals surface area contributed by atoms with Gasteiger partial charge in [0.15, 0.2) is 0 Å². The summed E-state index contributed by atoms with van der Waals surface area (Å²) < 4.78 is 17.4. The molecule has 116 valence electrons. The van der Waals surface area contributed by atoms with Crippen molar-refractivity contribution in [3.8, 4) is 0 Å². The molecule has 0 radical (unpaired) electrons. The molecule has 0 aliphatic heterocycles. The molecule has 0 spiro atoms. The number of rotatable bonds is 9. The van der Waals surface area contributed by atoms with Crippen LogP contribution < -0.4 is 0 Å². The van der Waals surface area contributed by atoms with E-state index in [-0.39, 0.29) is 12.0 Å². The van der Waals surface area contributed by atoms with Crippen molar-refractivity contribution in [3.05, 3.63) is 35.6 Å². The lowest BCUT2D eigenvalue weighted by atomic mass is 10.1. The highest BCUT2D eigenvalue weighted by molar-refractivity contribution is 5.96. The van der Waals surface area contributed by atoms with Crippen LogP contribution in [0.25, 0.3) is 0 Å². The maximum Gasteiger partial charge on any atom is 0.345 e. The van der Waals surface area contributed by atoms with E-state index >= 15 is 0 Å². The lowest BCUT2D eigenvalue weighted by Gasteiger charge is -2.03. The first-order valence-corrected chi connectivity index (χ1v) is 7.64. The van der Waals surface area contributed by atoms with Gasteiger partial charge >= 0.3 is 11.9 Å². The highest BCUT2D eigenvalue weighted by Crippen LogP contribution is 2.10. The standard InChI is InChI=1S/C17H23FO3/c1-2-3-4-5-6-7-8-9-16(19)21-17(20)14-10-12-15(18)13-11-14/h10-13H,2-9H2,1H3. The molecule has 0 saturated heterocycles. The molecule has 0 aliphatic carbocycles. The van der Waals surface area contributed by atoms with E-state index < -0.39 is 17.8 Å². The fourth-order valence-electron chi connectivity index (χ4n) is 2.03. The van der Waals surface area contributed by atoms with E-state index in [1.54, 1.807) is 0 Å². The van der Waals surface area contributed by atoms with Gasteiger partial charge in [0.2, 0.25) is 0 Å². The zero-order chi connectivity index (χ0) is 15.5. The molecule has 0 atom stereocenters. The van der Waals surface area contributed by atoms with Crippen molar-refractivity contribution < 1.29 is 18.7 Å². The van der Waals surface area contributed by atoms with E-state index in [4.69, 9.17) is 4.74 Å². The van der Waals surface area contributed by atoms with Gasteiger partial charge in [0, 0.05) is 6.42 Å². The quantitative estimate of drug-likeness (QED) is 0.378. The molecular formula is C17H23FO3. The van der Waals surface area contributed by atoms with Gasteiger partial charge in [-0.05, 0) is 30.7 Å². The molecule has 0 fully saturated rings. The van der Waals surface area contributed by atoms with Crippen LogP contribution in [0.4, 0.5) is 4.39 Å². The molecule has 0 saturated carbocycles. The van der Waals surface area contributed by atoms with Crippen LogP contribution >= 0.6 is 0 Å². The van der Waals surface area contributed by atoms with Crippen LogP contribution in [0.3, 0.4) is 0 Å². The van der Waals surface area contributed by atoms with Gasteiger partial charge in [-0.15, -0.1) is 0 Å². The van der Waals surface area contributed by atoms with Gasteiger partial charge in [0.05, 0.1) is 5.56 Å². The van der Waals surface area contributed by atoms with E-state index in [0.29, 0.717) is 0 Å². The lowest BCUT2D eigenvalue weighted by molar-refractivity contribution is -0.138. The average molecular weight is 294 g/mol. The average Bonchev–Trinajstić information content (AvgIpc) is 2.47. The Labute approximate surface area is 125 Å². The van der Waals surface area contributed by atoms with Crippen LogP contribution in [0.2, 0.25) is 0 Å². The van der Waals surface area contributed by atoms with Gasteiger partial charge in [-0.2, -0.15) is 0 Å². The smallest absolute Gasteiger partial charge is 0.345 e. The van der Waals surface area contributed by atoms with Crippen LogP contribution in [-0.2, 0) is 9.53 Å². The molecule has 1 aromatic carbocycles. The van der Waals surface area contributed by atoms with Gasteiger partial charge in [0.1, 0.15) is 5.82 Å². The topological polar surface area (TPSA) is 43.4 Å². The maximum absolute atomic E-state index is 12.7. The first-order valence-electron chi connectivity index (χ1n) is 7.64. The van der Waals surface area contributed by atoms with Gasteiger partial charge in [-0.25, -0.2) is 9.18 Å². The molecule has 0 aliphatic rings. The Morgan fingerprint density at radius 2 is 1.52 bits per heavy atom. The van der Waals surface area contributed by atoms with Crippen molar-refractivity contribution in [2.75, 3.05) is 0 Å². The molecule has 21 heavy (non-hydrogen) atoms. The summed E-state index contributed by atoms with van der Waals surface area (Å²) in [5.74, 6) is -1.67.